The number of rotatable bonds is 7. The number of nitrogens with zero attached hydrogens (tertiary/aromatic N) is 2. The van der Waals surface area contributed by atoms with Gasteiger partial charge in [0.1, 0.15) is 6.61 Å². The van der Waals surface area contributed by atoms with E-state index in [-0.39, 0.29) is 12.6 Å². The van der Waals surface area contributed by atoms with Crippen molar-refractivity contribution in [2.24, 2.45) is 0 Å². The Morgan fingerprint density at radius 3 is 3.11 bits per heavy atom. The van der Waals surface area contributed by atoms with Crippen LogP contribution in [0.5, 0.6) is 0 Å². The Morgan fingerprint density at radius 1 is 1.61 bits per heavy atom. The van der Waals surface area contributed by atoms with Gasteiger partial charge in [0.15, 0.2) is 4.98 Å². The molecule has 4 nitrogen and oxygen atoms in total. The van der Waals surface area contributed by atoms with Crippen LogP contribution < -0.4 is 0 Å². The Hall–Kier alpha value is -1.80. The number of thiophene rings is 1. The molecular weight excluding hydrogens is 248 g/mol. The van der Waals surface area contributed by atoms with E-state index in [1.165, 1.54) is 10.5 Å². The first-order valence-corrected chi connectivity index (χ1v) is 6.64. The summed E-state index contributed by atoms with van der Waals surface area (Å²) in [5.41, 5.74) is 1.22. The lowest BCUT2D eigenvalue weighted by molar-refractivity contribution is 0.112. The second-order valence-corrected chi connectivity index (χ2v) is 4.91. The van der Waals surface area contributed by atoms with Crippen molar-refractivity contribution in [1.82, 2.24) is 0 Å². The maximum absolute atomic E-state index is 9.02. The molecule has 5 heteroatoms. The van der Waals surface area contributed by atoms with Gasteiger partial charge in [-0.25, -0.2) is 0 Å². The monoisotopic (exact) mass is 265 g/mol. The number of aliphatic hydroxyl groups is 1. The molecule has 18 heavy (non-hydrogen) atoms. The molecule has 0 aliphatic heterocycles. The molecule has 1 rings (SSSR count). The summed E-state index contributed by atoms with van der Waals surface area (Å²) in [5.74, 6) is -0.389. The standard InChI is InChI=1S/C13H16N2O2S/c1-11(7-8-17-13(16)10-15-14)4-2-5-12-6-3-9-18-12/h3,6-7,9-10H,2,4-5,8H2,1H3/p+1/b11-7-,13-10+. The third kappa shape index (κ3) is 6.06. The largest absolute Gasteiger partial charge is 0.476 e. The molecule has 0 unspecified atom stereocenters. The molecule has 0 fully saturated rings. The predicted molar refractivity (Wildman–Crippen MR) is 72.8 cm³/mol. The van der Waals surface area contributed by atoms with Gasteiger partial charge in [0, 0.05) is 4.88 Å². The highest BCUT2D eigenvalue weighted by Crippen LogP contribution is 2.14. The Morgan fingerprint density at radius 2 is 2.44 bits per heavy atom. The van der Waals surface area contributed by atoms with Gasteiger partial charge in [0.05, 0.1) is 0 Å². The number of hydrogen-bond acceptors (Lipinski definition) is 4. The van der Waals surface area contributed by atoms with Crippen LogP contribution in [0.15, 0.2) is 41.3 Å². The fraction of sp³-hybridized carbons (Fsp3) is 0.385. The molecule has 0 saturated heterocycles. The van der Waals surface area contributed by atoms with Crippen LogP contribution in [0.3, 0.4) is 0 Å². The second-order valence-electron chi connectivity index (χ2n) is 3.88. The highest BCUT2D eigenvalue weighted by Gasteiger charge is 1.99. The minimum absolute atomic E-state index is 0.280. The third-order valence-electron chi connectivity index (χ3n) is 2.41. The Kier molecular flexibility index (Phi) is 6.59. The molecule has 1 aromatic rings. The Bertz CT molecular complexity index is 444. The number of ether oxygens (including phenoxy) is 1. The first-order valence-electron chi connectivity index (χ1n) is 5.76. The number of aliphatic hydroxyl groups excluding tert-OH is 1. The van der Waals surface area contributed by atoms with E-state index in [1.54, 1.807) is 11.3 Å². The van der Waals surface area contributed by atoms with Crippen LogP contribution in [0.1, 0.15) is 24.6 Å². The van der Waals surface area contributed by atoms with Gasteiger partial charge < -0.3 is 9.84 Å². The van der Waals surface area contributed by atoms with Crippen LogP contribution in [0, 0.1) is 5.39 Å². The predicted octanol–water partition coefficient (Wildman–Crippen LogP) is 4.24. The molecular formula is C13H17N2O2S+. The highest BCUT2D eigenvalue weighted by atomic mass is 32.1. The molecule has 0 atom stereocenters. The molecule has 0 saturated carbocycles. The quantitative estimate of drug-likeness (QED) is 0.455. The molecule has 0 aliphatic carbocycles. The number of allylic oxidation sites excluding steroid dienone is 1. The molecule has 96 valence electrons. The summed E-state index contributed by atoms with van der Waals surface area (Å²) < 4.78 is 4.89. The molecule has 0 amide bonds. The zero-order chi connectivity index (χ0) is 13.2. The van der Waals surface area contributed by atoms with Crippen LogP contribution in [0.4, 0.5) is 0 Å². The normalized spacial score (nSPS) is 12.2. The molecule has 1 aromatic heterocycles. The molecule has 0 bridgehead atoms. The Balaban J connectivity index is 2.18. The van der Waals surface area contributed by atoms with Gasteiger partial charge in [0.25, 0.3) is 0 Å². The summed E-state index contributed by atoms with van der Waals surface area (Å²) in [6.07, 6.45) is 5.97. The molecule has 0 spiro atoms. The van der Waals surface area contributed by atoms with E-state index in [0.29, 0.717) is 0 Å². The summed E-state index contributed by atoms with van der Waals surface area (Å²) in [4.78, 5) is 4.06. The van der Waals surface area contributed by atoms with Crippen molar-refractivity contribution < 1.29 is 9.84 Å². The van der Waals surface area contributed by atoms with Gasteiger partial charge in [-0.15, -0.1) is 11.3 Å². The zero-order valence-electron chi connectivity index (χ0n) is 10.4. The van der Waals surface area contributed by atoms with Gasteiger partial charge in [-0.3, -0.25) is 0 Å². The summed E-state index contributed by atoms with van der Waals surface area (Å²) in [5, 5.41) is 19.3. The summed E-state index contributed by atoms with van der Waals surface area (Å²) in [6, 6.07) is 4.21. The van der Waals surface area contributed by atoms with E-state index >= 15 is 0 Å². The maximum Gasteiger partial charge on any atom is 0.429 e. The minimum Gasteiger partial charge on any atom is -0.476 e. The highest BCUT2D eigenvalue weighted by molar-refractivity contribution is 7.09. The van der Waals surface area contributed by atoms with Gasteiger partial charge in [0.2, 0.25) is 5.39 Å². The fourth-order valence-corrected chi connectivity index (χ4v) is 2.21. The number of diazo groups is 1. The van der Waals surface area contributed by atoms with Crippen molar-refractivity contribution in [2.75, 3.05) is 6.61 Å². The minimum atomic E-state index is -0.389. The number of hydrogen-bond donors (Lipinski definition) is 1. The van der Waals surface area contributed by atoms with Crippen molar-refractivity contribution in [3.63, 3.8) is 0 Å². The first kappa shape index (κ1) is 14.3. The van der Waals surface area contributed by atoms with E-state index in [2.05, 4.69) is 22.5 Å². The smallest absolute Gasteiger partial charge is 0.429 e. The average molecular weight is 265 g/mol. The molecule has 0 aliphatic rings. The fourth-order valence-electron chi connectivity index (χ4n) is 1.45. The van der Waals surface area contributed by atoms with Crippen molar-refractivity contribution in [1.29, 1.82) is 5.39 Å². The van der Waals surface area contributed by atoms with E-state index in [9.17, 15) is 0 Å². The zero-order valence-corrected chi connectivity index (χ0v) is 11.2. The van der Waals surface area contributed by atoms with Crippen molar-refractivity contribution >= 4 is 11.3 Å². The van der Waals surface area contributed by atoms with Crippen molar-refractivity contribution in [3.05, 3.63) is 51.2 Å². The van der Waals surface area contributed by atoms with Crippen LogP contribution >= 0.6 is 11.3 Å². The topological polar surface area (TPSA) is 57.6 Å². The van der Waals surface area contributed by atoms with Gasteiger partial charge in [-0.1, -0.05) is 11.6 Å². The summed E-state index contributed by atoms with van der Waals surface area (Å²) in [6.45, 7) is 2.32. The molecule has 0 radical (unpaired) electrons. The van der Waals surface area contributed by atoms with Crippen LogP contribution in [0.2, 0.25) is 0 Å². The summed E-state index contributed by atoms with van der Waals surface area (Å²) >= 11 is 1.78. The average Bonchev–Trinajstić information content (AvgIpc) is 2.82. The molecule has 0 aromatic carbocycles. The van der Waals surface area contributed by atoms with Gasteiger partial charge >= 0.3 is 12.1 Å². The lowest BCUT2D eigenvalue weighted by Gasteiger charge is -2.01. The van der Waals surface area contributed by atoms with Gasteiger partial charge in [-0.2, -0.15) is 0 Å². The Labute approximate surface area is 111 Å². The van der Waals surface area contributed by atoms with Crippen LogP contribution in [-0.2, 0) is 11.2 Å². The maximum atomic E-state index is 9.02. The van der Waals surface area contributed by atoms with Crippen LogP contribution in [-0.4, -0.2) is 11.7 Å². The van der Waals surface area contributed by atoms with E-state index < -0.39 is 0 Å². The number of aryl methyl sites for hydroxylation is 1. The third-order valence-corrected chi connectivity index (χ3v) is 3.34. The van der Waals surface area contributed by atoms with E-state index in [0.717, 1.165) is 25.5 Å². The first-order chi connectivity index (χ1) is 8.72. The van der Waals surface area contributed by atoms with Crippen molar-refractivity contribution in [3.8, 4) is 0 Å². The SMILES string of the molecule is C/C(=C/CO/C(O)=C/[N+]#N)CCCc1cccs1. The summed E-state index contributed by atoms with van der Waals surface area (Å²) in [7, 11) is 0. The van der Waals surface area contributed by atoms with Gasteiger partial charge in [-0.05, 0) is 43.7 Å². The second kappa shape index (κ2) is 8.31. The van der Waals surface area contributed by atoms with Crippen LogP contribution in [0.25, 0.3) is 4.98 Å². The van der Waals surface area contributed by atoms with E-state index in [4.69, 9.17) is 15.2 Å². The van der Waals surface area contributed by atoms with E-state index in [1.807, 2.05) is 13.0 Å². The molecule has 1 heterocycles. The lowest BCUT2D eigenvalue weighted by atomic mass is 10.1. The molecule has 1 N–H and O–H groups in total. The van der Waals surface area contributed by atoms with Crippen molar-refractivity contribution in [2.45, 2.75) is 26.2 Å². The lowest BCUT2D eigenvalue weighted by Crippen LogP contribution is -1.92.